The zero-order valence-corrected chi connectivity index (χ0v) is 10.1. The molecule has 2 aromatic rings. The first-order valence-electron chi connectivity index (χ1n) is 5.20. The zero-order chi connectivity index (χ0) is 12.1. The van der Waals surface area contributed by atoms with Gasteiger partial charge in [0.05, 0.1) is 0 Å². The lowest BCUT2D eigenvalue weighted by Crippen LogP contribution is -2.17. The molecule has 2 N–H and O–H groups in total. The van der Waals surface area contributed by atoms with Crippen LogP contribution in [0.4, 0.5) is 10.7 Å². The Labute approximate surface area is 102 Å². The second-order valence-corrected chi connectivity index (χ2v) is 4.33. The fourth-order valence-corrected chi connectivity index (χ4v) is 2.17. The summed E-state index contributed by atoms with van der Waals surface area (Å²) < 4.78 is 5.08. The first-order chi connectivity index (χ1) is 8.28. The van der Waals surface area contributed by atoms with E-state index < -0.39 is 6.09 Å². The lowest BCUT2D eigenvalue weighted by Gasteiger charge is -2.00. The van der Waals surface area contributed by atoms with Crippen molar-refractivity contribution in [2.45, 2.75) is 19.8 Å². The fourth-order valence-electron chi connectivity index (χ4n) is 1.28. The van der Waals surface area contributed by atoms with E-state index in [1.165, 1.54) is 11.2 Å². The molecule has 0 aliphatic heterocycles. The molecular weight excluding hydrogens is 240 g/mol. The molecular formula is C10H12N4O2S. The fraction of sp³-hybridized carbons (Fsp3) is 0.300. The number of carbonyl (C=O) groups is 1. The van der Waals surface area contributed by atoms with Crippen molar-refractivity contribution >= 4 is 23.4 Å². The molecule has 0 fully saturated rings. The third kappa shape index (κ3) is 3.28. The summed E-state index contributed by atoms with van der Waals surface area (Å²) in [5.74, 6) is 0.741. The molecule has 1 amide bonds. The molecule has 0 spiro atoms. The molecule has 90 valence electrons. The molecule has 17 heavy (non-hydrogen) atoms. The van der Waals surface area contributed by atoms with E-state index in [-0.39, 0.29) is 5.95 Å². The van der Waals surface area contributed by atoms with Crippen molar-refractivity contribution < 1.29 is 9.53 Å². The highest BCUT2D eigenvalue weighted by molar-refractivity contribution is 7.10. The number of nitrogens with zero attached hydrogens (tertiary/aromatic N) is 2. The van der Waals surface area contributed by atoms with E-state index in [1.807, 2.05) is 11.4 Å². The van der Waals surface area contributed by atoms with Crippen LogP contribution in [0.1, 0.15) is 18.2 Å². The minimum atomic E-state index is -0.592. The van der Waals surface area contributed by atoms with E-state index in [1.54, 1.807) is 11.3 Å². The highest BCUT2D eigenvalue weighted by Crippen LogP contribution is 2.22. The quantitative estimate of drug-likeness (QED) is 0.875. The average Bonchev–Trinajstić information content (AvgIpc) is 2.91. The summed E-state index contributed by atoms with van der Waals surface area (Å²) >= 11 is 1.58. The molecule has 0 radical (unpaired) electrons. The van der Waals surface area contributed by atoms with E-state index >= 15 is 0 Å². The minimum absolute atomic E-state index is 0.194. The zero-order valence-electron chi connectivity index (χ0n) is 9.27. The first kappa shape index (κ1) is 11.6. The number of H-pyrrole nitrogens is 1. The summed E-state index contributed by atoms with van der Waals surface area (Å²) in [7, 11) is 0. The largest absolute Gasteiger partial charge is 0.419 e. The second kappa shape index (κ2) is 5.44. The predicted molar refractivity (Wildman–Crippen MR) is 64.3 cm³/mol. The number of rotatable bonds is 4. The Hall–Kier alpha value is -1.89. The summed E-state index contributed by atoms with van der Waals surface area (Å²) in [6, 6.07) is 1.87. The van der Waals surface area contributed by atoms with Crippen LogP contribution in [-0.2, 0) is 6.42 Å². The molecule has 0 bridgehead atoms. The Bertz CT molecular complexity index is 480. The van der Waals surface area contributed by atoms with Gasteiger partial charge in [-0.25, -0.2) is 9.78 Å². The average molecular weight is 252 g/mol. The van der Waals surface area contributed by atoms with Crippen LogP contribution in [0, 0.1) is 0 Å². The molecule has 2 rings (SSSR count). The van der Waals surface area contributed by atoms with Gasteiger partial charge in [0, 0.05) is 10.3 Å². The minimum Gasteiger partial charge on any atom is -0.409 e. The molecule has 2 heterocycles. The van der Waals surface area contributed by atoms with Crippen LogP contribution in [0.25, 0.3) is 0 Å². The molecule has 6 nitrogen and oxygen atoms in total. The first-order valence-corrected chi connectivity index (χ1v) is 6.08. The number of nitrogens with one attached hydrogen (secondary N) is 2. The number of amides is 1. The molecule has 0 unspecified atom stereocenters. The summed E-state index contributed by atoms with van der Waals surface area (Å²) in [6.07, 6.45) is 2.85. The molecule has 0 aliphatic rings. The van der Waals surface area contributed by atoms with Gasteiger partial charge in [0.25, 0.3) is 5.95 Å². The van der Waals surface area contributed by atoms with E-state index in [0.29, 0.717) is 5.75 Å². The molecule has 0 saturated carbocycles. The second-order valence-electron chi connectivity index (χ2n) is 3.34. The van der Waals surface area contributed by atoms with E-state index in [0.717, 1.165) is 12.8 Å². The third-order valence-corrected chi connectivity index (χ3v) is 2.94. The number of ether oxygens (including phenoxy) is 1. The van der Waals surface area contributed by atoms with Crippen LogP contribution in [0.3, 0.4) is 0 Å². The van der Waals surface area contributed by atoms with Crippen molar-refractivity contribution in [2.75, 3.05) is 5.32 Å². The number of thiophene rings is 1. The summed E-state index contributed by atoms with van der Waals surface area (Å²) in [5.41, 5.74) is 0. The van der Waals surface area contributed by atoms with E-state index in [2.05, 4.69) is 27.4 Å². The van der Waals surface area contributed by atoms with Gasteiger partial charge in [-0.05, 0) is 12.5 Å². The lowest BCUT2D eigenvalue weighted by atomic mass is 10.3. The van der Waals surface area contributed by atoms with Gasteiger partial charge in [-0.3, -0.25) is 10.4 Å². The van der Waals surface area contributed by atoms with Crippen LogP contribution < -0.4 is 10.1 Å². The van der Waals surface area contributed by atoms with Crippen molar-refractivity contribution in [1.29, 1.82) is 0 Å². The number of hydrogen-bond acceptors (Lipinski definition) is 5. The number of aromatic amines is 1. The van der Waals surface area contributed by atoms with Crippen LogP contribution >= 0.6 is 11.3 Å². The van der Waals surface area contributed by atoms with E-state index in [4.69, 9.17) is 4.74 Å². The van der Waals surface area contributed by atoms with Crippen LogP contribution in [0.2, 0.25) is 0 Å². The van der Waals surface area contributed by atoms with Crippen molar-refractivity contribution in [2.24, 2.45) is 0 Å². The smallest absolute Gasteiger partial charge is 0.409 e. The number of carbonyl (C=O) groups excluding carboxylic acids is 1. The Morgan fingerprint density at radius 3 is 3.24 bits per heavy atom. The Balaban J connectivity index is 1.89. The molecule has 0 atom stereocenters. The standard InChI is InChI=1S/C10H12N4O2S/c1-2-3-8-4-7(5-17-8)16-10(15)13-9-11-6-12-14-9/h4-6H,2-3H2,1H3,(H2,11,12,13,14,15). The predicted octanol–water partition coefficient (Wildman–Crippen LogP) is 2.43. The highest BCUT2D eigenvalue weighted by atomic mass is 32.1. The SMILES string of the molecule is CCCc1cc(OC(=O)Nc2nc[nH]n2)cs1. The molecule has 2 aromatic heterocycles. The highest BCUT2D eigenvalue weighted by Gasteiger charge is 2.08. The Morgan fingerprint density at radius 1 is 1.65 bits per heavy atom. The maximum atomic E-state index is 11.4. The number of aromatic nitrogens is 3. The number of aryl methyl sites for hydroxylation is 1. The Kier molecular flexibility index (Phi) is 3.71. The van der Waals surface area contributed by atoms with E-state index in [9.17, 15) is 4.79 Å². The topological polar surface area (TPSA) is 79.9 Å². The van der Waals surface area contributed by atoms with Crippen molar-refractivity contribution in [3.8, 4) is 5.75 Å². The summed E-state index contributed by atoms with van der Waals surface area (Å²) in [4.78, 5) is 16.4. The van der Waals surface area contributed by atoms with Gasteiger partial charge in [0.2, 0.25) is 0 Å². The normalized spacial score (nSPS) is 10.2. The van der Waals surface area contributed by atoms with Crippen LogP contribution in [0.5, 0.6) is 5.75 Å². The van der Waals surface area contributed by atoms with Gasteiger partial charge in [0.15, 0.2) is 0 Å². The molecule has 7 heteroatoms. The number of anilines is 1. The molecule has 0 aliphatic carbocycles. The monoisotopic (exact) mass is 252 g/mol. The summed E-state index contributed by atoms with van der Waals surface area (Å²) in [5, 5.41) is 10.4. The maximum Gasteiger partial charge on any atom is 0.419 e. The van der Waals surface area contributed by atoms with Gasteiger partial charge in [-0.1, -0.05) is 13.3 Å². The number of hydrogen-bond donors (Lipinski definition) is 2. The van der Waals surface area contributed by atoms with Gasteiger partial charge in [-0.2, -0.15) is 0 Å². The lowest BCUT2D eigenvalue weighted by molar-refractivity contribution is 0.215. The van der Waals surface area contributed by atoms with Gasteiger partial charge < -0.3 is 4.74 Å². The third-order valence-electron chi connectivity index (χ3n) is 1.97. The van der Waals surface area contributed by atoms with Crippen molar-refractivity contribution in [3.05, 3.63) is 22.7 Å². The van der Waals surface area contributed by atoms with Crippen molar-refractivity contribution in [3.63, 3.8) is 0 Å². The van der Waals surface area contributed by atoms with Gasteiger partial charge in [0.1, 0.15) is 12.1 Å². The van der Waals surface area contributed by atoms with Crippen LogP contribution in [-0.4, -0.2) is 21.3 Å². The van der Waals surface area contributed by atoms with Gasteiger partial charge in [-0.15, -0.1) is 16.4 Å². The Morgan fingerprint density at radius 2 is 2.53 bits per heavy atom. The summed E-state index contributed by atoms with van der Waals surface area (Å²) in [6.45, 7) is 2.11. The van der Waals surface area contributed by atoms with Crippen LogP contribution in [0.15, 0.2) is 17.8 Å². The maximum absolute atomic E-state index is 11.4. The molecule has 0 aromatic carbocycles. The van der Waals surface area contributed by atoms with Gasteiger partial charge >= 0.3 is 6.09 Å². The van der Waals surface area contributed by atoms with Crippen molar-refractivity contribution in [1.82, 2.24) is 15.2 Å². The molecule has 0 saturated heterocycles.